The molecule has 0 aliphatic carbocycles. The van der Waals surface area contributed by atoms with Crippen molar-refractivity contribution in [3.8, 4) is 0 Å². The number of rotatable bonds is 5. The maximum absolute atomic E-state index is 13.0. The minimum atomic E-state index is -0.233. The van der Waals surface area contributed by atoms with Crippen molar-refractivity contribution in [1.29, 1.82) is 0 Å². The number of likely N-dealkylation sites (tertiary alicyclic amines) is 1. The smallest absolute Gasteiger partial charge is 0.223 e. The molecule has 0 saturated carbocycles. The molecule has 1 aromatic carbocycles. The lowest BCUT2D eigenvalue weighted by molar-refractivity contribution is -0.133. The molecule has 4 nitrogen and oxygen atoms in total. The molecule has 1 aromatic rings. The molecule has 138 valence electrons. The SMILES string of the molecule is C[C@@H]1CN(C[C@@H]2CCCN2C(=O)CCc2ccc(F)cc2)C[C@@H](C)O1. The summed E-state index contributed by atoms with van der Waals surface area (Å²) in [6.07, 6.45) is 3.86. The van der Waals surface area contributed by atoms with Gasteiger partial charge < -0.3 is 9.64 Å². The molecule has 0 N–H and O–H groups in total. The third kappa shape index (κ3) is 5.02. The molecule has 2 heterocycles. The van der Waals surface area contributed by atoms with E-state index in [1.165, 1.54) is 12.1 Å². The topological polar surface area (TPSA) is 32.8 Å². The first-order valence-electron chi connectivity index (χ1n) is 9.43. The second-order valence-corrected chi connectivity index (χ2v) is 7.49. The highest BCUT2D eigenvalue weighted by atomic mass is 19.1. The molecule has 0 unspecified atom stereocenters. The Kier molecular flexibility index (Phi) is 6.07. The first kappa shape index (κ1) is 18.3. The standard InChI is InChI=1S/C20H29FN2O2/c1-15-12-22(13-16(2)25-15)14-19-4-3-11-23(19)20(24)10-7-17-5-8-18(21)9-6-17/h5-6,8-9,15-16,19H,3-4,7,10-14H2,1-2H3/t15-,16-,19+/m1/s1. The third-order valence-electron chi connectivity index (χ3n) is 5.20. The van der Waals surface area contributed by atoms with Crippen LogP contribution in [0.2, 0.25) is 0 Å². The Balaban J connectivity index is 1.51. The molecule has 2 fully saturated rings. The molecule has 2 aliphatic rings. The second kappa shape index (κ2) is 8.28. The normalized spacial score (nSPS) is 27.6. The van der Waals surface area contributed by atoms with Gasteiger partial charge >= 0.3 is 0 Å². The van der Waals surface area contributed by atoms with Crippen LogP contribution in [0.4, 0.5) is 4.39 Å². The number of morpholine rings is 1. The Morgan fingerprint density at radius 1 is 1.20 bits per heavy atom. The number of nitrogens with zero attached hydrogens (tertiary/aromatic N) is 2. The number of hydrogen-bond acceptors (Lipinski definition) is 3. The van der Waals surface area contributed by atoms with Crippen LogP contribution in [0, 0.1) is 5.82 Å². The third-order valence-corrected chi connectivity index (χ3v) is 5.20. The molecule has 3 atom stereocenters. The van der Waals surface area contributed by atoms with E-state index in [4.69, 9.17) is 4.74 Å². The van der Waals surface area contributed by atoms with E-state index in [2.05, 4.69) is 23.6 Å². The highest BCUT2D eigenvalue weighted by Gasteiger charge is 2.32. The Hall–Kier alpha value is -1.46. The molecule has 0 radical (unpaired) electrons. The van der Waals surface area contributed by atoms with Crippen LogP contribution < -0.4 is 0 Å². The van der Waals surface area contributed by atoms with Crippen molar-refractivity contribution in [2.24, 2.45) is 0 Å². The minimum Gasteiger partial charge on any atom is -0.373 e. The summed E-state index contributed by atoms with van der Waals surface area (Å²) < 4.78 is 18.8. The summed E-state index contributed by atoms with van der Waals surface area (Å²) >= 11 is 0. The number of ether oxygens (including phenoxy) is 1. The summed E-state index contributed by atoms with van der Waals surface area (Å²) in [7, 11) is 0. The van der Waals surface area contributed by atoms with Crippen LogP contribution in [0.1, 0.15) is 38.7 Å². The van der Waals surface area contributed by atoms with Crippen LogP contribution in [0.15, 0.2) is 24.3 Å². The number of carbonyl (C=O) groups is 1. The summed E-state index contributed by atoms with van der Waals surface area (Å²) in [6, 6.07) is 6.76. The average molecular weight is 348 g/mol. The van der Waals surface area contributed by atoms with E-state index in [9.17, 15) is 9.18 Å². The monoisotopic (exact) mass is 348 g/mol. The van der Waals surface area contributed by atoms with E-state index in [0.29, 0.717) is 18.9 Å². The number of carbonyl (C=O) groups excluding carboxylic acids is 1. The van der Waals surface area contributed by atoms with Gasteiger partial charge in [0.25, 0.3) is 0 Å². The van der Waals surface area contributed by atoms with Gasteiger partial charge in [0.2, 0.25) is 5.91 Å². The van der Waals surface area contributed by atoms with Gasteiger partial charge in [-0.2, -0.15) is 0 Å². The van der Waals surface area contributed by atoms with Crippen molar-refractivity contribution < 1.29 is 13.9 Å². The Labute approximate surface area is 149 Å². The number of benzene rings is 1. The van der Waals surface area contributed by atoms with Gasteiger partial charge in [0.05, 0.1) is 12.2 Å². The van der Waals surface area contributed by atoms with Crippen molar-refractivity contribution in [2.45, 2.75) is 57.8 Å². The highest BCUT2D eigenvalue weighted by molar-refractivity contribution is 5.77. The van der Waals surface area contributed by atoms with Gasteiger partial charge in [0.1, 0.15) is 5.82 Å². The predicted octanol–water partition coefficient (Wildman–Crippen LogP) is 2.86. The van der Waals surface area contributed by atoms with Gasteiger partial charge in [-0.25, -0.2) is 4.39 Å². The maximum Gasteiger partial charge on any atom is 0.223 e. The van der Waals surface area contributed by atoms with Gasteiger partial charge in [0, 0.05) is 38.6 Å². The van der Waals surface area contributed by atoms with Gasteiger partial charge in [-0.15, -0.1) is 0 Å². The predicted molar refractivity (Wildman–Crippen MR) is 95.9 cm³/mol. The minimum absolute atomic E-state index is 0.223. The zero-order chi connectivity index (χ0) is 17.8. The van der Waals surface area contributed by atoms with Gasteiger partial charge in [0.15, 0.2) is 0 Å². The van der Waals surface area contributed by atoms with Gasteiger partial charge in [-0.05, 0) is 50.8 Å². The number of amides is 1. The lowest BCUT2D eigenvalue weighted by atomic mass is 10.1. The quantitative estimate of drug-likeness (QED) is 0.820. The van der Waals surface area contributed by atoms with Crippen molar-refractivity contribution in [3.63, 3.8) is 0 Å². The molecule has 0 bridgehead atoms. The van der Waals surface area contributed by atoms with Crippen molar-refractivity contribution >= 4 is 5.91 Å². The summed E-state index contributed by atoms with van der Waals surface area (Å²) in [5.41, 5.74) is 1.02. The zero-order valence-electron chi connectivity index (χ0n) is 15.3. The summed E-state index contributed by atoms with van der Waals surface area (Å²) in [5.74, 6) is -0.00941. The average Bonchev–Trinajstić information content (AvgIpc) is 3.01. The van der Waals surface area contributed by atoms with Crippen LogP contribution in [0.5, 0.6) is 0 Å². The van der Waals surface area contributed by atoms with E-state index in [0.717, 1.165) is 44.6 Å². The molecule has 0 aromatic heterocycles. The molecule has 25 heavy (non-hydrogen) atoms. The fourth-order valence-electron chi connectivity index (χ4n) is 4.13. The summed E-state index contributed by atoms with van der Waals surface area (Å²) in [4.78, 5) is 17.2. The van der Waals surface area contributed by atoms with E-state index in [1.807, 2.05) is 0 Å². The van der Waals surface area contributed by atoms with Crippen LogP contribution in [-0.2, 0) is 16.0 Å². The van der Waals surface area contributed by atoms with Gasteiger partial charge in [-0.1, -0.05) is 12.1 Å². The van der Waals surface area contributed by atoms with Gasteiger partial charge in [-0.3, -0.25) is 9.69 Å². The lowest BCUT2D eigenvalue weighted by Gasteiger charge is -2.38. The fraction of sp³-hybridized carbons (Fsp3) is 0.650. The molecule has 5 heteroatoms. The van der Waals surface area contributed by atoms with Crippen molar-refractivity contribution in [1.82, 2.24) is 9.80 Å². The molecular weight excluding hydrogens is 319 g/mol. The van der Waals surface area contributed by atoms with E-state index >= 15 is 0 Å². The molecule has 2 aliphatic heterocycles. The van der Waals surface area contributed by atoms with Crippen molar-refractivity contribution in [3.05, 3.63) is 35.6 Å². The number of aryl methyl sites for hydroxylation is 1. The second-order valence-electron chi connectivity index (χ2n) is 7.49. The zero-order valence-corrected chi connectivity index (χ0v) is 15.3. The fourth-order valence-corrected chi connectivity index (χ4v) is 4.13. The largest absolute Gasteiger partial charge is 0.373 e. The maximum atomic E-state index is 13.0. The van der Waals surface area contributed by atoms with Crippen molar-refractivity contribution in [2.75, 3.05) is 26.2 Å². The number of hydrogen-bond donors (Lipinski definition) is 0. The molecule has 1 amide bonds. The highest BCUT2D eigenvalue weighted by Crippen LogP contribution is 2.22. The van der Waals surface area contributed by atoms with E-state index < -0.39 is 0 Å². The van der Waals surface area contributed by atoms with E-state index in [-0.39, 0.29) is 23.9 Å². The molecule has 2 saturated heterocycles. The first-order valence-corrected chi connectivity index (χ1v) is 9.43. The summed E-state index contributed by atoms with van der Waals surface area (Å²) in [6.45, 7) is 7.92. The van der Waals surface area contributed by atoms with E-state index in [1.54, 1.807) is 12.1 Å². The van der Waals surface area contributed by atoms with Crippen LogP contribution in [-0.4, -0.2) is 60.1 Å². The lowest BCUT2D eigenvalue weighted by Crippen LogP contribution is -2.50. The van der Waals surface area contributed by atoms with Crippen LogP contribution in [0.25, 0.3) is 0 Å². The molecular formula is C20H29FN2O2. The van der Waals surface area contributed by atoms with Crippen LogP contribution >= 0.6 is 0 Å². The molecule has 3 rings (SSSR count). The number of halogens is 1. The Morgan fingerprint density at radius 3 is 2.56 bits per heavy atom. The summed E-state index contributed by atoms with van der Waals surface area (Å²) in [5, 5.41) is 0. The van der Waals surface area contributed by atoms with Crippen LogP contribution in [0.3, 0.4) is 0 Å². The Morgan fingerprint density at radius 2 is 1.88 bits per heavy atom. The Bertz CT molecular complexity index is 568. The molecule has 0 spiro atoms. The first-order chi connectivity index (χ1) is 12.0.